The van der Waals surface area contributed by atoms with Crippen molar-refractivity contribution < 1.29 is 14.3 Å². The molecule has 0 unspecified atom stereocenters. The molecule has 0 radical (unpaired) electrons. The molecule has 1 saturated carbocycles. The topological polar surface area (TPSA) is 59.3 Å². The van der Waals surface area contributed by atoms with Gasteiger partial charge in [0.05, 0.1) is 24.1 Å². The highest BCUT2D eigenvalue weighted by Crippen LogP contribution is 2.31. The Morgan fingerprint density at radius 2 is 1.76 bits per heavy atom. The number of pyridine rings is 1. The second kappa shape index (κ2) is 12.9. The Morgan fingerprint density at radius 3 is 2.52 bits per heavy atom. The van der Waals surface area contributed by atoms with Crippen LogP contribution in [-0.4, -0.2) is 71.1 Å². The molecule has 2 atom stereocenters. The molecule has 4 aromatic rings. The molecule has 1 amide bonds. The van der Waals surface area contributed by atoms with Crippen molar-refractivity contribution in [2.75, 3.05) is 39.9 Å². The van der Waals surface area contributed by atoms with Crippen LogP contribution in [0.2, 0.25) is 5.02 Å². The van der Waals surface area contributed by atoms with Gasteiger partial charge in [0, 0.05) is 62.5 Å². The van der Waals surface area contributed by atoms with E-state index in [1.54, 1.807) is 7.11 Å². The van der Waals surface area contributed by atoms with Crippen molar-refractivity contribution in [1.82, 2.24) is 19.2 Å². The van der Waals surface area contributed by atoms with E-state index in [1.807, 2.05) is 43.3 Å². The summed E-state index contributed by atoms with van der Waals surface area (Å²) in [4.78, 5) is 22.9. The maximum Gasteiger partial charge on any atom is 0.225 e. The smallest absolute Gasteiger partial charge is 0.225 e. The molecule has 2 aromatic heterocycles. The summed E-state index contributed by atoms with van der Waals surface area (Å²) in [5.74, 6) is 1.25. The number of piperazine rings is 1. The molecule has 42 heavy (non-hydrogen) atoms. The van der Waals surface area contributed by atoms with Gasteiger partial charge in [0.25, 0.3) is 0 Å². The first-order valence-electron chi connectivity index (χ1n) is 15.1. The first-order valence-corrected chi connectivity index (χ1v) is 15.4. The number of hydrogen-bond donors (Lipinski definition) is 0. The summed E-state index contributed by atoms with van der Waals surface area (Å²) in [6.07, 6.45) is 6.33. The molecule has 7 nitrogen and oxygen atoms in total. The van der Waals surface area contributed by atoms with Crippen LogP contribution in [0.5, 0.6) is 5.75 Å². The van der Waals surface area contributed by atoms with Gasteiger partial charge in [-0.05, 0) is 73.7 Å². The van der Waals surface area contributed by atoms with Gasteiger partial charge in [-0.25, -0.2) is 4.98 Å². The molecule has 1 saturated heterocycles. The second-order valence-electron chi connectivity index (χ2n) is 11.3. The molecule has 1 aliphatic heterocycles. The average Bonchev–Trinajstić information content (AvgIpc) is 3.39. The fourth-order valence-electron chi connectivity index (χ4n) is 6.37. The summed E-state index contributed by atoms with van der Waals surface area (Å²) in [5.41, 5.74) is 6.22. The fourth-order valence-corrected chi connectivity index (χ4v) is 6.49. The van der Waals surface area contributed by atoms with Gasteiger partial charge in [0.1, 0.15) is 11.4 Å². The summed E-state index contributed by atoms with van der Waals surface area (Å²) in [7, 11) is 1.76. The van der Waals surface area contributed by atoms with E-state index in [1.165, 1.54) is 0 Å². The van der Waals surface area contributed by atoms with Gasteiger partial charge in [-0.2, -0.15) is 0 Å². The highest BCUT2D eigenvalue weighted by atomic mass is 35.5. The van der Waals surface area contributed by atoms with Gasteiger partial charge >= 0.3 is 0 Å². The predicted molar refractivity (Wildman–Crippen MR) is 167 cm³/mol. The van der Waals surface area contributed by atoms with Crippen molar-refractivity contribution in [3.63, 3.8) is 0 Å². The van der Waals surface area contributed by atoms with Crippen LogP contribution < -0.4 is 4.74 Å². The monoisotopic (exact) mass is 586 g/mol. The summed E-state index contributed by atoms with van der Waals surface area (Å²) in [5, 5.41) is 0.705. The number of imidazole rings is 1. The van der Waals surface area contributed by atoms with Crippen molar-refractivity contribution in [3.8, 4) is 28.1 Å². The maximum absolute atomic E-state index is 13.3. The van der Waals surface area contributed by atoms with Gasteiger partial charge in [0.15, 0.2) is 0 Å². The van der Waals surface area contributed by atoms with Gasteiger partial charge in [-0.15, -0.1) is 0 Å². The highest BCUT2D eigenvalue weighted by Gasteiger charge is 2.32. The summed E-state index contributed by atoms with van der Waals surface area (Å²) >= 11 is 6.23. The molecule has 3 heterocycles. The molecule has 2 aromatic carbocycles. The van der Waals surface area contributed by atoms with Crippen LogP contribution >= 0.6 is 11.6 Å². The zero-order valence-electron chi connectivity index (χ0n) is 24.5. The van der Waals surface area contributed by atoms with E-state index in [0.29, 0.717) is 17.5 Å². The van der Waals surface area contributed by atoms with Crippen LogP contribution in [0.25, 0.3) is 28.0 Å². The highest BCUT2D eigenvalue weighted by molar-refractivity contribution is 6.30. The Kier molecular flexibility index (Phi) is 8.79. The largest absolute Gasteiger partial charge is 0.494 e. The van der Waals surface area contributed by atoms with Crippen LogP contribution in [0.15, 0.2) is 66.9 Å². The minimum absolute atomic E-state index is 0.0881. The standard InChI is InChI=1S/C34H39ClN4O3/c1-3-42-30-9-4-6-25(20-30)27-12-15-32-36-33(24-10-13-28(35)14-11-24)31(39(32)22-27)23-37-16-18-38(19-17-37)34(40)26-7-5-8-29(21-26)41-2/h4,6,9-15,20,22,26,29H,3,5,7-8,16-19,21,23H2,1-2H3/t26-,29-/m0/s1. The third kappa shape index (κ3) is 6.19. The number of nitrogens with zero attached hydrogens (tertiary/aromatic N) is 4. The maximum atomic E-state index is 13.3. The second-order valence-corrected chi connectivity index (χ2v) is 11.8. The van der Waals surface area contributed by atoms with Crippen molar-refractivity contribution >= 4 is 23.2 Å². The third-order valence-electron chi connectivity index (χ3n) is 8.68. The van der Waals surface area contributed by atoms with Crippen LogP contribution in [0.3, 0.4) is 0 Å². The van der Waals surface area contributed by atoms with Crippen LogP contribution in [0.1, 0.15) is 38.3 Å². The van der Waals surface area contributed by atoms with Crippen LogP contribution in [0.4, 0.5) is 0 Å². The van der Waals surface area contributed by atoms with Gasteiger partial charge < -0.3 is 18.8 Å². The number of halogens is 1. The molecule has 8 heteroatoms. The van der Waals surface area contributed by atoms with Gasteiger partial charge in [-0.1, -0.05) is 42.3 Å². The number of ether oxygens (including phenoxy) is 2. The molecule has 1 aliphatic carbocycles. The number of hydrogen-bond acceptors (Lipinski definition) is 5. The van der Waals surface area contributed by atoms with Crippen molar-refractivity contribution in [2.45, 2.75) is 45.3 Å². The van der Waals surface area contributed by atoms with Gasteiger partial charge in [-0.3, -0.25) is 9.69 Å². The zero-order chi connectivity index (χ0) is 29.1. The van der Waals surface area contributed by atoms with Crippen molar-refractivity contribution in [2.24, 2.45) is 5.92 Å². The lowest BCUT2D eigenvalue weighted by Crippen LogP contribution is -2.50. The van der Waals surface area contributed by atoms with Crippen molar-refractivity contribution in [1.29, 1.82) is 0 Å². The Bertz CT molecular complexity index is 1530. The molecular weight excluding hydrogens is 548 g/mol. The number of amides is 1. The zero-order valence-corrected chi connectivity index (χ0v) is 25.2. The SMILES string of the molecule is CCOc1cccc(-c2ccc3nc(-c4ccc(Cl)cc4)c(CN4CCN(C(=O)[C@H]5CCC[C@H](OC)C5)CC4)n3c2)c1. The summed E-state index contributed by atoms with van der Waals surface area (Å²) in [6, 6.07) is 20.3. The first kappa shape index (κ1) is 28.7. The lowest BCUT2D eigenvalue weighted by atomic mass is 9.86. The summed E-state index contributed by atoms with van der Waals surface area (Å²) < 4.78 is 13.6. The number of methoxy groups -OCH3 is 1. The molecule has 6 rings (SSSR count). The van der Waals surface area contributed by atoms with E-state index in [4.69, 9.17) is 26.1 Å². The molecule has 220 valence electrons. The van der Waals surface area contributed by atoms with Crippen LogP contribution in [-0.2, 0) is 16.1 Å². The number of aromatic nitrogens is 2. The number of carbonyl (C=O) groups excluding carboxylic acids is 1. The number of rotatable bonds is 8. The lowest BCUT2D eigenvalue weighted by Gasteiger charge is -2.38. The normalized spacial score (nSPS) is 19.7. The molecular formula is C34H39ClN4O3. The lowest BCUT2D eigenvalue weighted by molar-refractivity contribution is -0.140. The van der Waals surface area contributed by atoms with Gasteiger partial charge in [0.2, 0.25) is 5.91 Å². The van der Waals surface area contributed by atoms with E-state index in [0.717, 1.165) is 97.9 Å². The quantitative estimate of drug-likeness (QED) is 0.234. The molecule has 0 bridgehead atoms. The Hall–Kier alpha value is -3.39. The Balaban J connectivity index is 1.26. The molecule has 2 aliphatic rings. The fraction of sp³-hybridized carbons (Fsp3) is 0.412. The average molecular weight is 587 g/mol. The van der Waals surface area contributed by atoms with E-state index >= 15 is 0 Å². The number of benzene rings is 2. The summed E-state index contributed by atoms with van der Waals surface area (Å²) in [6.45, 7) is 6.51. The predicted octanol–water partition coefficient (Wildman–Crippen LogP) is 6.57. The van der Waals surface area contributed by atoms with E-state index in [2.05, 4.69) is 44.7 Å². The van der Waals surface area contributed by atoms with E-state index < -0.39 is 0 Å². The minimum atomic E-state index is 0.0881. The molecule has 0 spiro atoms. The Morgan fingerprint density at radius 1 is 0.976 bits per heavy atom. The van der Waals surface area contributed by atoms with E-state index in [9.17, 15) is 4.79 Å². The van der Waals surface area contributed by atoms with E-state index in [-0.39, 0.29) is 12.0 Å². The van der Waals surface area contributed by atoms with Crippen LogP contribution in [0, 0.1) is 5.92 Å². The first-order chi connectivity index (χ1) is 20.5. The number of fused-ring (bicyclic) bond motifs is 1. The Labute approximate surface area is 253 Å². The molecule has 0 N–H and O–H groups in total. The molecule has 2 fully saturated rings. The van der Waals surface area contributed by atoms with Crippen molar-refractivity contribution in [3.05, 3.63) is 77.6 Å². The minimum Gasteiger partial charge on any atom is -0.494 e. The third-order valence-corrected chi connectivity index (χ3v) is 8.93. The number of carbonyl (C=O) groups is 1.